The Balaban J connectivity index is 2.75. The predicted molar refractivity (Wildman–Crippen MR) is 95.9 cm³/mol. The minimum atomic E-state index is -1.11. The minimum Gasteiger partial charge on any atom is -0.465 e. The van der Waals surface area contributed by atoms with E-state index in [-0.39, 0.29) is 5.43 Å². The van der Waals surface area contributed by atoms with E-state index in [1.54, 1.807) is 13.0 Å². The molecule has 0 saturated heterocycles. The quantitative estimate of drug-likeness (QED) is 0.560. The number of nitrogens with one attached hydrogen (secondary N) is 1. The number of carboxylic acid groups (broad SMARTS) is 1. The molecule has 1 heterocycles. The summed E-state index contributed by atoms with van der Waals surface area (Å²) in [6, 6.07) is 3.16. The van der Waals surface area contributed by atoms with Gasteiger partial charge in [-0.25, -0.2) is 4.79 Å². The monoisotopic (exact) mass is 433 g/mol. The fourth-order valence-corrected chi connectivity index (χ4v) is 3.73. The maximum atomic E-state index is 12.6. The van der Waals surface area contributed by atoms with E-state index < -0.39 is 12.1 Å². The molecule has 5 nitrogen and oxygen atoms in total. The molecular weight excluding hydrogens is 417 g/mol. The maximum absolute atomic E-state index is 12.6. The Morgan fingerprint density at radius 3 is 2.77 bits per heavy atom. The number of hydrogen-bond donors (Lipinski definition) is 2. The van der Waals surface area contributed by atoms with Gasteiger partial charge >= 0.3 is 6.09 Å². The van der Waals surface area contributed by atoms with Gasteiger partial charge in [0.1, 0.15) is 9.15 Å². The largest absolute Gasteiger partial charge is 0.465 e. The number of amides is 1. The van der Waals surface area contributed by atoms with Crippen LogP contribution in [0.15, 0.2) is 26.4 Å². The third-order valence-electron chi connectivity index (χ3n) is 3.16. The summed E-state index contributed by atoms with van der Waals surface area (Å²) in [5.74, 6) is 0.786. The van der Waals surface area contributed by atoms with Crippen LogP contribution >= 0.6 is 34.4 Å². The molecule has 1 amide bonds. The van der Waals surface area contributed by atoms with Crippen LogP contribution in [-0.2, 0) is 0 Å². The zero-order chi connectivity index (χ0) is 16.4. The van der Waals surface area contributed by atoms with Crippen LogP contribution < -0.4 is 10.7 Å². The number of fused-ring (bicyclic) bond motifs is 1. The van der Waals surface area contributed by atoms with Gasteiger partial charge in [0.25, 0.3) is 0 Å². The molecule has 7 heteroatoms. The second kappa shape index (κ2) is 6.91. The van der Waals surface area contributed by atoms with Gasteiger partial charge in [-0.15, -0.1) is 0 Å². The summed E-state index contributed by atoms with van der Waals surface area (Å²) < 4.78 is 6.49. The van der Waals surface area contributed by atoms with Gasteiger partial charge in [0.15, 0.2) is 5.09 Å². The topological polar surface area (TPSA) is 79.5 Å². The molecule has 0 saturated carbocycles. The molecule has 0 aliphatic rings. The van der Waals surface area contributed by atoms with Crippen LogP contribution in [0.2, 0.25) is 0 Å². The van der Waals surface area contributed by atoms with Crippen molar-refractivity contribution in [2.75, 3.05) is 5.75 Å². The molecule has 0 spiro atoms. The Hall–Kier alpha value is -1.22. The summed E-state index contributed by atoms with van der Waals surface area (Å²) >= 11 is 3.46. The highest BCUT2D eigenvalue weighted by Gasteiger charge is 2.19. The summed E-state index contributed by atoms with van der Waals surface area (Å²) in [6.45, 7) is 5.58. The van der Waals surface area contributed by atoms with E-state index in [0.717, 1.165) is 11.3 Å². The molecule has 0 aliphatic heterocycles. The number of thioether (sulfide) groups is 1. The average Bonchev–Trinajstić information content (AvgIpc) is 2.44. The smallest absolute Gasteiger partial charge is 0.405 e. The molecular formula is C15H16INO4S. The summed E-state index contributed by atoms with van der Waals surface area (Å²) in [4.78, 5) is 23.4. The van der Waals surface area contributed by atoms with Crippen molar-refractivity contribution in [1.82, 2.24) is 5.32 Å². The molecule has 22 heavy (non-hydrogen) atoms. The molecule has 1 atom stereocenters. The molecule has 1 aromatic heterocycles. The first-order valence-electron chi connectivity index (χ1n) is 6.74. The van der Waals surface area contributed by atoms with Gasteiger partial charge in [-0.05, 0) is 53.8 Å². The third-order valence-corrected chi connectivity index (χ3v) is 5.35. The second-order valence-corrected chi connectivity index (χ2v) is 7.18. The highest BCUT2D eigenvalue weighted by atomic mass is 127. The Morgan fingerprint density at radius 2 is 2.18 bits per heavy atom. The summed E-state index contributed by atoms with van der Waals surface area (Å²) in [5, 5.41) is 12.4. The summed E-state index contributed by atoms with van der Waals surface area (Å²) in [7, 11) is 0. The first kappa shape index (κ1) is 17.1. The molecule has 0 radical (unpaired) electrons. The molecule has 0 fully saturated rings. The van der Waals surface area contributed by atoms with Crippen molar-refractivity contribution in [3.05, 3.63) is 37.1 Å². The van der Waals surface area contributed by atoms with Gasteiger partial charge in [0, 0.05) is 5.56 Å². The van der Waals surface area contributed by atoms with Crippen molar-refractivity contribution in [2.45, 2.75) is 31.9 Å². The fourth-order valence-electron chi connectivity index (χ4n) is 2.24. The van der Waals surface area contributed by atoms with Crippen molar-refractivity contribution in [3.8, 4) is 0 Å². The van der Waals surface area contributed by atoms with E-state index in [4.69, 9.17) is 9.52 Å². The van der Waals surface area contributed by atoms with E-state index in [9.17, 15) is 9.59 Å². The Bertz CT molecular complexity index is 787. The average molecular weight is 433 g/mol. The summed E-state index contributed by atoms with van der Waals surface area (Å²) in [6.07, 6.45) is -1.11. The van der Waals surface area contributed by atoms with Crippen LogP contribution in [0.4, 0.5) is 4.79 Å². The lowest BCUT2D eigenvalue weighted by atomic mass is 10.0. The van der Waals surface area contributed by atoms with Gasteiger partial charge in [-0.1, -0.05) is 24.8 Å². The van der Waals surface area contributed by atoms with Crippen LogP contribution in [-0.4, -0.2) is 17.0 Å². The zero-order valence-corrected chi connectivity index (χ0v) is 15.4. The van der Waals surface area contributed by atoms with E-state index in [1.807, 2.05) is 42.5 Å². The van der Waals surface area contributed by atoms with Gasteiger partial charge in [-0.2, -0.15) is 0 Å². The summed E-state index contributed by atoms with van der Waals surface area (Å²) in [5.41, 5.74) is 1.93. The van der Waals surface area contributed by atoms with Crippen LogP contribution in [0.5, 0.6) is 0 Å². The number of hydrogen-bond acceptors (Lipinski definition) is 4. The predicted octanol–water partition coefficient (Wildman–Crippen LogP) is 4.15. The van der Waals surface area contributed by atoms with Gasteiger partial charge < -0.3 is 14.8 Å². The van der Waals surface area contributed by atoms with Crippen molar-refractivity contribution in [1.29, 1.82) is 0 Å². The van der Waals surface area contributed by atoms with Crippen molar-refractivity contribution in [3.63, 3.8) is 0 Å². The molecule has 1 aromatic carbocycles. The Morgan fingerprint density at radius 1 is 1.50 bits per heavy atom. The fraction of sp³-hybridized carbons (Fsp3) is 0.333. The highest BCUT2D eigenvalue weighted by Crippen LogP contribution is 2.30. The standard InChI is InChI=1S/C15H16INO4S/c1-4-22-14-11(16)12(18)10-6-7(2)5-9(13(10)21-14)8(3)17-15(19)20/h5-6,8,17H,4H2,1-3H3,(H,19,20)/t8-/m1/s1. The lowest BCUT2D eigenvalue weighted by molar-refractivity contribution is 0.191. The molecule has 2 rings (SSSR count). The lowest BCUT2D eigenvalue weighted by Crippen LogP contribution is -2.25. The highest BCUT2D eigenvalue weighted by molar-refractivity contribution is 14.1. The molecule has 0 aliphatic carbocycles. The normalized spacial score (nSPS) is 12.4. The van der Waals surface area contributed by atoms with E-state index in [2.05, 4.69) is 5.32 Å². The minimum absolute atomic E-state index is 0.0784. The van der Waals surface area contributed by atoms with Gasteiger partial charge in [-0.3, -0.25) is 4.79 Å². The third kappa shape index (κ3) is 3.40. The van der Waals surface area contributed by atoms with Gasteiger partial charge in [0.2, 0.25) is 5.43 Å². The van der Waals surface area contributed by atoms with Crippen LogP contribution in [0.3, 0.4) is 0 Å². The molecule has 0 bridgehead atoms. The Labute approximate surface area is 145 Å². The lowest BCUT2D eigenvalue weighted by Gasteiger charge is -2.15. The van der Waals surface area contributed by atoms with Crippen LogP contribution in [0, 0.1) is 10.5 Å². The molecule has 118 valence electrons. The molecule has 2 N–H and O–H groups in total. The SMILES string of the molecule is CCSc1oc2c([C@@H](C)NC(=O)O)cc(C)cc2c(=O)c1I. The van der Waals surface area contributed by atoms with E-state index >= 15 is 0 Å². The second-order valence-electron chi connectivity index (χ2n) is 4.87. The van der Waals surface area contributed by atoms with Crippen LogP contribution in [0.25, 0.3) is 11.0 Å². The van der Waals surface area contributed by atoms with Crippen molar-refractivity contribution >= 4 is 51.4 Å². The number of aryl methyl sites for hydroxylation is 1. The van der Waals surface area contributed by atoms with Crippen molar-refractivity contribution < 1.29 is 14.3 Å². The van der Waals surface area contributed by atoms with Gasteiger partial charge in [0.05, 0.1) is 11.4 Å². The van der Waals surface area contributed by atoms with Crippen molar-refractivity contribution in [2.24, 2.45) is 0 Å². The number of benzene rings is 1. The molecule has 2 aromatic rings. The first-order chi connectivity index (χ1) is 10.3. The first-order valence-corrected chi connectivity index (χ1v) is 8.80. The Kier molecular flexibility index (Phi) is 5.38. The van der Waals surface area contributed by atoms with Crippen LogP contribution in [0.1, 0.15) is 31.0 Å². The van der Waals surface area contributed by atoms with E-state index in [0.29, 0.717) is 25.2 Å². The number of halogens is 1. The number of carbonyl (C=O) groups is 1. The maximum Gasteiger partial charge on any atom is 0.405 e. The number of rotatable bonds is 4. The van der Waals surface area contributed by atoms with E-state index in [1.165, 1.54) is 11.8 Å². The molecule has 0 unspecified atom stereocenters. The zero-order valence-electron chi connectivity index (χ0n) is 12.4.